The maximum Gasteiger partial charge on any atom is 0.0837 e. The fourth-order valence-electron chi connectivity index (χ4n) is 1.45. The summed E-state index contributed by atoms with van der Waals surface area (Å²) < 4.78 is 0. The lowest BCUT2D eigenvalue weighted by Gasteiger charge is -2.10. The minimum absolute atomic E-state index is 0.0752. The summed E-state index contributed by atoms with van der Waals surface area (Å²) in [6, 6.07) is 12.2. The molecular weight excluding hydrogens is 228 g/mol. The molecule has 17 heavy (non-hydrogen) atoms. The molecule has 0 radical (unpaired) electrons. The molecule has 0 bridgehead atoms. The lowest BCUT2D eigenvalue weighted by molar-refractivity contribution is 0.680. The predicted molar refractivity (Wildman–Crippen MR) is 73.8 cm³/mol. The van der Waals surface area contributed by atoms with Crippen LogP contribution in [0.1, 0.15) is 11.5 Å². The lowest BCUT2D eigenvalue weighted by Crippen LogP contribution is -2.23. The van der Waals surface area contributed by atoms with Gasteiger partial charge in [0.15, 0.2) is 0 Å². The highest BCUT2D eigenvalue weighted by molar-refractivity contribution is 7.99. The molecule has 1 aromatic rings. The predicted octanol–water partition coefficient (Wildman–Crippen LogP) is 2.25. The van der Waals surface area contributed by atoms with Crippen LogP contribution in [0.3, 0.4) is 0 Å². The second kappa shape index (κ2) is 8.70. The van der Waals surface area contributed by atoms with Crippen molar-refractivity contribution in [1.82, 2.24) is 5.32 Å². The van der Waals surface area contributed by atoms with E-state index in [4.69, 9.17) is 11.7 Å². The Morgan fingerprint density at radius 2 is 2.12 bits per heavy atom. The Morgan fingerprint density at radius 3 is 2.76 bits per heavy atom. The first kappa shape index (κ1) is 13.6. The summed E-state index contributed by atoms with van der Waals surface area (Å²) in [5.41, 5.74) is 1.07. The minimum atomic E-state index is -0.0752. The Bertz CT molecular complexity index is 389. The van der Waals surface area contributed by atoms with Gasteiger partial charge in [0.1, 0.15) is 0 Å². The summed E-state index contributed by atoms with van der Waals surface area (Å²) in [5.74, 6) is 4.25. The van der Waals surface area contributed by atoms with Gasteiger partial charge in [-0.1, -0.05) is 36.3 Å². The molecule has 2 nitrogen and oxygen atoms in total. The van der Waals surface area contributed by atoms with Crippen molar-refractivity contribution in [2.24, 2.45) is 0 Å². The van der Waals surface area contributed by atoms with Crippen molar-refractivity contribution < 1.29 is 0 Å². The van der Waals surface area contributed by atoms with Gasteiger partial charge in [0, 0.05) is 18.8 Å². The minimum Gasteiger partial charge on any atom is -0.314 e. The molecular formula is C14H16N2S. The highest BCUT2D eigenvalue weighted by atomic mass is 32.2. The first-order chi connectivity index (χ1) is 8.38. The van der Waals surface area contributed by atoms with Gasteiger partial charge < -0.3 is 5.32 Å². The van der Waals surface area contributed by atoms with E-state index in [9.17, 15) is 0 Å². The van der Waals surface area contributed by atoms with Gasteiger partial charge in [-0.2, -0.15) is 5.26 Å². The van der Waals surface area contributed by atoms with E-state index in [2.05, 4.69) is 17.3 Å². The summed E-state index contributed by atoms with van der Waals surface area (Å²) in [7, 11) is 0. The molecule has 1 aromatic carbocycles. The van der Waals surface area contributed by atoms with E-state index in [1.165, 1.54) is 0 Å². The highest BCUT2D eigenvalue weighted by Crippen LogP contribution is 2.12. The molecule has 0 fully saturated rings. The summed E-state index contributed by atoms with van der Waals surface area (Å²) >= 11 is 1.73. The van der Waals surface area contributed by atoms with Crippen molar-refractivity contribution in [1.29, 1.82) is 5.26 Å². The van der Waals surface area contributed by atoms with Crippen molar-refractivity contribution >= 4 is 11.8 Å². The Hall–Kier alpha value is -1.42. The summed E-state index contributed by atoms with van der Waals surface area (Å²) in [6.45, 7) is 1.58. The number of hydrogen-bond donors (Lipinski definition) is 1. The van der Waals surface area contributed by atoms with E-state index in [0.29, 0.717) is 6.54 Å². The molecule has 0 spiro atoms. The van der Waals surface area contributed by atoms with Crippen molar-refractivity contribution in [3.63, 3.8) is 0 Å². The topological polar surface area (TPSA) is 35.8 Å². The first-order valence-electron chi connectivity index (χ1n) is 5.55. The number of nitrogens with zero attached hydrogens (tertiary/aromatic N) is 1. The zero-order valence-electron chi connectivity index (χ0n) is 9.73. The molecule has 0 aliphatic rings. The zero-order chi connectivity index (χ0) is 12.3. The molecule has 1 unspecified atom stereocenters. The van der Waals surface area contributed by atoms with Gasteiger partial charge in [0.25, 0.3) is 0 Å². The Balaban J connectivity index is 2.26. The zero-order valence-corrected chi connectivity index (χ0v) is 10.5. The Labute approximate surface area is 107 Å². The van der Waals surface area contributed by atoms with Crippen LogP contribution in [0.2, 0.25) is 0 Å². The van der Waals surface area contributed by atoms with Crippen LogP contribution in [-0.4, -0.2) is 24.6 Å². The molecule has 0 heterocycles. The molecule has 0 saturated heterocycles. The van der Waals surface area contributed by atoms with Gasteiger partial charge in [-0.15, -0.1) is 18.2 Å². The van der Waals surface area contributed by atoms with Gasteiger partial charge in [-0.3, -0.25) is 0 Å². The van der Waals surface area contributed by atoms with Crippen molar-refractivity contribution in [3.8, 4) is 18.4 Å². The van der Waals surface area contributed by atoms with E-state index in [-0.39, 0.29) is 5.92 Å². The Kier molecular flexibility index (Phi) is 6.98. The fraction of sp³-hybridized carbons (Fsp3) is 0.357. The van der Waals surface area contributed by atoms with Crippen molar-refractivity contribution in [3.05, 3.63) is 35.9 Å². The molecule has 3 heteroatoms. The van der Waals surface area contributed by atoms with Crippen LogP contribution in [0.4, 0.5) is 0 Å². The van der Waals surface area contributed by atoms with Gasteiger partial charge in [0.2, 0.25) is 0 Å². The largest absolute Gasteiger partial charge is 0.314 e. The monoisotopic (exact) mass is 244 g/mol. The third kappa shape index (κ3) is 5.45. The number of terminal acetylenes is 1. The average Bonchev–Trinajstić information content (AvgIpc) is 2.39. The van der Waals surface area contributed by atoms with Crippen LogP contribution in [-0.2, 0) is 0 Å². The van der Waals surface area contributed by atoms with Crippen molar-refractivity contribution in [2.75, 3.05) is 24.6 Å². The lowest BCUT2D eigenvalue weighted by atomic mass is 10.0. The van der Waals surface area contributed by atoms with E-state index < -0.39 is 0 Å². The van der Waals surface area contributed by atoms with Gasteiger partial charge in [0.05, 0.1) is 17.7 Å². The van der Waals surface area contributed by atoms with E-state index >= 15 is 0 Å². The normalized spacial score (nSPS) is 11.4. The average molecular weight is 244 g/mol. The van der Waals surface area contributed by atoms with Crippen LogP contribution < -0.4 is 5.32 Å². The van der Waals surface area contributed by atoms with Gasteiger partial charge in [-0.25, -0.2) is 0 Å². The second-order valence-electron chi connectivity index (χ2n) is 3.55. The quantitative estimate of drug-likeness (QED) is 0.590. The standard InChI is InChI=1S/C14H16N2S/c1-2-9-17-10-8-16-12-14(11-15)13-6-4-3-5-7-13/h1,3-7,14,16H,8-10,12H2. The van der Waals surface area contributed by atoms with Crippen molar-refractivity contribution in [2.45, 2.75) is 5.92 Å². The summed E-state index contributed by atoms with van der Waals surface area (Å²) in [4.78, 5) is 0. The van der Waals surface area contributed by atoms with Gasteiger partial charge in [-0.05, 0) is 5.56 Å². The fourth-order valence-corrected chi connectivity index (χ4v) is 2.00. The van der Waals surface area contributed by atoms with Crippen LogP contribution in [0.5, 0.6) is 0 Å². The molecule has 1 atom stereocenters. The number of nitrogens with one attached hydrogen (secondary N) is 1. The summed E-state index contributed by atoms with van der Waals surface area (Å²) in [5, 5.41) is 12.4. The van der Waals surface area contributed by atoms with Gasteiger partial charge >= 0.3 is 0 Å². The highest BCUT2D eigenvalue weighted by Gasteiger charge is 2.08. The third-order valence-electron chi connectivity index (χ3n) is 2.31. The maximum atomic E-state index is 9.10. The molecule has 0 aliphatic heterocycles. The van der Waals surface area contributed by atoms with E-state index in [0.717, 1.165) is 23.6 Å². The summed E-state index contributed by atoms with van der Waals surface area (Å²) in [6.07, 6.45) is 5.15. The number of rotatable bonds is 7. The van der Waals surface area contributed by atoms with Crippen LogP contribution in [0, 0.1) is 23.7 Å². The molecule has 88 valence electrons. The Morgan fingerprint density at radius 1 is 1.35 bits per heavy atom. The molecule has 0 saturated carbocycles. The number of nitriles is 1. The molecule has 0 aliphatic carbocycles. The van der Waals surface area contributed by atoms with Crippen LogP contribution >= 0.6 is 11.8 Å². The number of benzene rings is 1. The van der Waals surface area contributed by atoms with E-state index in [1.807, 2.05) is 30.3 Å². The maximum absolute atomic E-state index is 9.10. The van der Waals surface area contributed by atoms with Crippen LogP contribution in [0.15, 0.2) is 30.3 Å². The smallest absolute Gasteiger partial charge is 0.0837 e. The number of thioether (sulfide) groups is 1. The third-order valence-corrected chi connectivity index (χ3v) is 3.18. The molecule has 1 rings (SSSR count). The second-order valence-corrected chi connectivity index (χ2v) is 4.66. The molecule has 0 amide bonds. The SMILES string of the molecule is C#CCSCCNCC(C#N)c1ccccc1. The number of hydrogen-bond acceptors (Lipinski definition) is 3. The van der Waals surface area contributed by atoms with E-state index in [1.54, 1.807) is 11.8 Å². The van der Waals surface area contributed by atoms with Crippen LogP contribution in [0.25, 0.3) is 0 Å². The first-order valence-corrected chi connectivity index (χ1v) is 6.70. The molecule has 1 N–H and O–H groups in total. The molecule has 0 aromatic heterocycles.